The summed E-state index contributed by atoms with van der Waals surface area (Å²) in [7, 11) is 0. The minimum atomic E-state index is -0.0516. The highest BCUT2D eigenvalue weighted by Gasteiger charge is 2.46. The molecular weight excluding hydrogens is 254 g/mol. The number of aromatic nitrogens is 2. The predicted molar refractivity (Wildman–Crippen MR) is 75.5 cm³/mol. The first kappa shape index (κ1) is 13.6. The van der Waals surface area contributed by atoms with Gasteiger partial charge in [-0.1, -0.05) is 13.8 Å². The minimum Gasteiger partial charge on any atom is -0.379 e. The van der Waals surface area contributed by atoms with Crippen molar-refractivity contribution in [2.45, 2.75) is 45.2 Å². The second-order valence-electron chi connectivity index (χ2n) is 6.38. The monoisotopic (exact) mass is 277 g/mol. The predicted octanol–water partition coefficient (Wildman–Crippen LogP) is 1.93. The molecule has 2 saturated heterocycles. The summed E-state index contributed by atoms with van der Waals surface area (Å²) in [5, 5.41) is 4.30. The molecule has 2 fully saturated rings. The SMILES string of the molecule is CC(C)Cn1nccc1C(=O)N1CCCC12CCOC2. The number of hydrogen-bond acceptors (Lipinski definition) is 3. The fraction of sp³-hybridized carbons (Fsp3) is 0.733. The van der Waals surface area contributed by atoms with Gasteiger partial charge in [0.05, 0.1) is 12.1 Å². The van der Waals surface area contributed by atoms with Crippen LogP contribution in [0.5, 0.6) is 0 Å². The van der Waals surface area contributed by atoms with E-state index in [2.05, 4.69) is 18.9 Å². The van der Waals surface area contributed by atoms with Crippen molar-refractivity contribution < 1.29 is 9.53 Å². The Hall–Kier alpha value is -1.36. The Labute approximate surface area is 119 Å². The molecule has 5 heteroatoms. The fourth-order valence-electron chi connectivity index (χ4n) is 3.41. The van der Waals surface area contributed by atoms with Crippen LogP contribution in [0.1, 0.15) is 43.6 Å². The van der Waals surface area contributed by atoms with Gasteiger partial charge in [0.1, 0.15) is 5.69 Å². The molecule has 1 aromatic rings. The highest BCUT2D eigenvalue weighted by molar-refractivity contribution is 5.93. The summed E-state index contributed by atoms with van der Waals surface area (Å²) in [5.74, 6) is 0.593. The van der Waals surface area contributed by atoms with Crippen molar-refractivity contribution in [3.05, 3.63) is 18.0 Å². The van der Waals surface area contributed by atoms with Gasteiger partial charge in [0.2, 0.25) is 0 Å². The maximum atomic E-state index is 12.9. The second-order valence-corrected chi connectivity index (χ2v) is 6.38. The molecule has 1 amide bonds. The van der Waals surface area contributed by atoms with Crippen LogP contribution in [0.4, 0.5) is 0 Å². The average Bonchev–Trinajstić information content (AvgIpc) is 3.11. The fourth-order valence-corrected chi connectivity index (χ4v) is 3.41. The zero-order chi connectivity index (χ0) is 14.2. The van der Waals surface area contributed by atoms with Crippen LogP contribution in [0.3, 0.4) is 0 Å². The summed E-state index contributed by atoms with van der Waals surface area (Å²) < 4.78 is 7.40. The van der Waals surface area contributed by atoms with Crippen LogP contribution in [-0.4, -0.2) is 45.9 Å². The van der Waals surface area contributed by atoms with Gasteiger partial charge in [-0.25, -0.2) is 0 Å². The van der Waals surface area contributed by atoms with Gasteiger partial charge in [-0.3, -0.25) is 9.48 Å². The third kappa shape index (κ3) is 2.24. The van der Waals surface area contributed by atoms with Crippen LogP contribution in [0, 0.1) is 5.92 Å². The highest BCUT2D eigenvalue weighted by Crippen LogP contribution is 2.37. The molecule has 0 bridgehead atoms. The van der Waals surface area contributed by atoms with Crippen molar-refractivity contribution in [3.63, 3.8) is 0 Å². The molecule has 0 N–H and O–H groups in total. The Kier molecular flexibility index (Phi) is 3.54. The summed E-state index contributed by atoms with van der Waals surface area (Å²) >= 11 is 0. The average molecular weight is 277 g/mol. The van der Waals surface area contributed by atoms with E-state index in [9.17, 15) is 4.79 Å². The van der Waals surface area contributed by atoms with Crippen molar-refractivity contribution in [3.8, 4) is 0 Å². The topological polar surface area (TPSA) is 47.4 Å². The normalized spacial score (nSPS) is 26.1. The minimum absolute atomic E-state index is 0.0516. The van der Waals surface area contributed by atoms with Gasteiger partial charge < -0.3 is 9.64 Å². The molecular formula is C15H23N3O2. The first-order valence-corrected chi connectivity index (χ1v) is 7.54. The van der Waals surface area contributed by atoms with E-state index in [1.807, 2.05) is 15.6 Å². The van der Waals surface area contributed by atoms with E-state index >= 15 is 0 Å². The molecule has 0 saturated carbocycles. The van der Waals surface area contributed by atoms with E-state index in [4.69, 9.17) is 4.74 Å². The molecule has 0 aromatic carbocycles. The molecule has 0 aliphatic carbocycles. The number of carbonyl (C=O) groups excluding carboxylic acids is 1. The Bertz CT molecular complexity index is 484. The summed E-state index contributed by atoms with van der Waals surface area (Å²) in [6, 6.07) is 1.84. The molecule has 3 rings (SSSR count). The van der Waals surface area contributed by atoms with E-state index in [1.54, 1.807) is 6.20 Å². The first-order chi connectivity index (χ1) is 9.62. The molecule has 1 aromatic heterocycles. The molecule has 2 aliphatic rings. The van der Waals surface area contributed by atoms with Gasteiger partial charge in [0.25, 0.3) is 5.91 Å². The van der Waals surface area contributed by atoms with Gasteiger partial charge in [0, 0.05) is 25.9 Å². The number of likely N-dealkylation sites (tertiary alicyclic amines) is 1. The van der Waals surface area contributed by atoms with Gasteiger partial charge in [-0.15, -0.1) is 0 Å². The maximum absolute atomic E-state index is 12.9. The molecule has 1 unspecified atom stereocenters. The number of nitrogens with zero attached hydrogens (tertiary/aromatic N) is 3. The Balaban J connectivity index is 1.83. The molecule has 2 aliphatic heterocycles. The second kappa shape index (κ2) is 5.20. The van der Waals surface area contributed by atoms with E-state index in [0.29, 0.717) is 18.2 Å². The molecule has 20 heavy (non-hydrogen) atoms. The molecule has 1 spiro atoms. The van der Waals surface area contributed by atoms with Gasteiger partial charge >= 0.3 is 0 Å². The lowest BCUT2D eigenvalue weighted by atomic mass is 9.95. The first-order valence-electron chi connectivity index (χ1n) is 7.54. The van der Waals surface area contributed by atoms with Crippen LogP contribution >= 0.6 is 0 Å². The summed E-state index contributed by atoms with van der Waals surface area (Å²) in [6.07, 6.45) is 4.84. The lowest BCUT2D eigenvalue weighted by Gasteiger charge is -2.33. The van der Waals surface area contributed by atoms with Gasteiger partial charge in [0.15, 0.2) is 0 Å². The van der Waals surface area contributed by atoms with Crippen LogP contribution in [0.2, 0.25) is 0 Å². The highest BCUT2D eigenvalue weighted by atomic mass is 16.5. The Morgan fingerprint density at radius 2 is 2.35 bits per heavy atom. The van der Waals surface area contributed by atoms with Crippen LogP contribution in [0.15, 0.2) is 12.3 Å². The number of hydrogen-bond donors (Lipinski definition) is 0. The van der Waals surface area contributed by atoms with Crippen molar-refractivity contribution in [2.24, 2.45) is 5.92 Å². The van der Waals surface area contributed by atoms with Crippen molar-refractivity contribution in [2.75, 3.05) is 19.8 Å². The maximum Gasteiger partial charge on any atom is 0.272 e. The zero-order valence-corrected chi connectivity index (χ0v) is 12.3. The summed E-state index contributed by atoms with van der Waals surface area (Å²) in [4.78, 5) is 14.9. The largest absolute Gasteiger partial charge is 0.379 e. The smallest absolute Gasteiger partial charge is 0.272 e. The van der Waals surface area contributed by atoms with Gasteiger partial charge in [-0.05, 0) is 31.2 Å². The van der Waals surface area contributed by atoms with E-state index in [1.165, 1.54) is 0 Å². The summed E-state index contributed by atoms with van der Waals surface area (Å²) in [5.41, 5.74) is 0.663. The van der Waals surface area contributed by atoms with E-state index in [0.717, 1.165) is 39.0 Å². The lowest BCUT2D eigenvalue weighted by Crippen LogP contribution is -2.48. The van der Waals surface area contributed by atoms with E-state index < -0.39 is 0 Å². The molecule has 110 valence electrons. The van der Waals surface area contributed by atoms with Crippen molar-refractivity contribution in [1.82, 2.24) is 14.7 Å². The van der Waals surface area contributed by atoms with Crippen LogP contribution in [-0.2, 0) is 11.3 Å². The third-order valence-corrected chi connectivity index (χ3v) is 4.40. The lowest BCUT2D eigenvalue weighted by molar-refractivity contribution is 0.0537. The quantitative estimate of drug-likeness (QED) is 0.848. The van der Waals surface area contributed by atoms with Crippen molar-refractivity contribution >= 4 is 5.91 Å². The molecule has 0 radical (unpaired) electrons. The number of carbonyl (C=O) groups is 1. The Morgan fingerprint density at radius 1 is 1.50 bits per heavy atom. The van der Waals surface area contributed by atoms with E-state index in [-0.39, 0.29) is 11.4 Å². The van der Waals surface area contributed by atoms with Gasteiger partial charge in [-0.2, -0.15) is 5.10 Å². The summed E-state index contributed by atoms with van der Waals surface area (Å²) in [6.45, 7) is 7.36. The van der Waals surface area contributed by atoms with Crippen molar-refractivity contribution in [1.29, 1.82) is 0 Å². The number of amides is 1. The number of ether oxygens (including phenoxy) is 1. The third-order valence-electron chi connectivity index (χ3n) is 4.40. The zero-order valence-electron chi connectivity index (χ0n) is 12.3. The Morgan fingerprint density at radius 3 is 3.05 bits per heavy atom. The van der Waals surface area contributed by atoms with Crippen LogP contribution in [0.25, 0.3) is 0 Å². The molecule has 3 heterocycles. The number of rotatable bonds is 3. The standard InChI is InChI=1S/C15H23N3O2/c1-12(2)10-18-13(4-7-16-18)14(19)17-8-3-5-15(17)6-9-20-11-15/h4,7,12H,3,5-6,8-11H2,1-2H3. The molecule has 1 atom stereocenters. The van der Waals surface area contributed by atoms with Crippen LogP contribution < -0.4 is 0 Å². The molecule has 5 nitrogen and oxygen atoms in total.